The molecule has 3 heteroatoms. The number of rotatable bonds is 6. The Kier molecular flexibility index (Phi) is 5.85. The lowest BCUT2D eigenvalue weighted by Gasteiger charge is -2.00. The summed E-state index contributed by atoms with van der Waals surface area (Å²) in [5.41, 5.74) is 1.01. The summed E-state index contributed by atoms with van der Waals surface area (Å²) in [5, 5.41) is 0. The molecule has 2 aromatic carbocycles. The molecule has 0 heterocycles. The van der Waals surface area contributed by atoms with Crippen LogP contribution >= 0.6 is 0 Å². The lowest BCUT2D eigenvalue weighted by atomic mass is 10.2. The van der Waals surface area contributed by atoms with E-state index in [0.717, 1.165) is 0 Å². The summed E-state index contributed by atoms with van der Waals surface area (Å²) in [7, 11) is 0. The molecule has 0 aliphatic carbocycles. The second-order valence-corrected chi connectivity index (χ2v) is 4.37. The van der Waals surface area contributed by atoms with Gasteiger partial charge in [-0.05, 0) is 12.2 Å². The van der Waals surface area contributed by atoms with Gasteiger partial charge in [0.15, 0.2) is 0 Å². The molecular formula is C18H16F2O. The Morgan fingerprint density at radius 3 is 1.48 bits per heavy atom. The molecule has 0 aliphatic rings. The van der Waals surface area contributed by atoms with E-state index in [4.69, 9.17) is 4.74 Å². The number of hydrogen-bond acceptors (Lipinski definition) is 1. The van der Waals surface area contributed by atoms with E-state index in [1.54, 1.807) is 48.5 Å². The average molecular weight is 286 g/mol. The zero-order valence-electron chi connectivity index (χ0n) is 11.5. The molecule has 1 nitrogen and oxygen atoms in total. The highest BCUT2D eigenvalue weighted by Crippen LogP contribution is 2.16. The summed E-state index contributed by atoms with van der Waals surface area (Å²) in [5.74, 6) is -0.689. The molecule has 0 N–H and O–H groups in total. The highest BCUT2D eigenvalue weighted by Gasteiger charge is 1.99. The maximum absolute atomic E-state index is 13.7. The van der Waals surface area contributed by atoms with Gasteiger partial charge in [0.25, 0.3) is 0 Å². The Bertz CT molecular complexity index is 548. The first-order valence-electron chi connectivity index (χ1n) is 6.67. The van der Waals surface area contributed by atoms with Crippen LogP contribution in [0.3, 0.4) is 0 Å². The van der Waals surface area contributed by atoms with Gasteiger partial charge >= 0.3 is 0 Å². The Morgan fingerprint density at radius 1 is 0.714 bits per heavy atom. The van der Waals surface area contributed by atoms with E-state index in [2.05, 4.69) is 0 Å². The fourth-order valence-corrected chi connectivity index (χ4v) is 1.76. The number of hydrogen-bond donors (Lipinski definition) is 0. The molecule has 0 fully saturated rings. The fraction of sp³-hybridized carbons (Fsp3) is 0.111. The molecule has 0 unspecified atom stereocenters. The van der Waals surface area contributed by atoms with Crippen LogP contribution in [0.4, 0.5) is 8.78 Å². The zero-order chi connectivity index (χ0) is 14.9. The van der Waals surface area contributed by atoms with Gasteiger partial charge in [-0.25, -0.2) is 8.78 Å². The van der Waals surface area contributed by atoms with Crippen molar-refractivity contribution < 1.29 is 13.5 Å². The standard InChI is InChI=1S/C18H16F2O/c19-17(15-7-3-1-4-8-15)11-13-21-14-12-18(20)16-9-5-2-6-10-16/h1-12H,13-14H2. The number of ether oxygens (including phenoxy) is 1. The molecule has 0 amide bonds. The molecule has 21 heavy (non-hydrogen) atoms. The summed E-state index contributed by atoms with van der Waals surface area (Å²) in [6, 6.07) is 17.4. The molecule has 0 atom stereocenters. The quantitative estimate of drug-likeness (QED) is 0.677. The number of halogens is 2. The minimum Gasteiger partial charge on any atom is -0.373 e. The first-order valence-corrected chi connectivity index (χ1v) is 6.67. The van der Waals surface area contributed by atoms with E-state index in [9.17, 15) is 8.78 Å². The van der Waals surface area contributed by atoms with Crippen LogP contribution in [0.15, 0.2) is 72.8 Å². The van der Waals surface area contributed by atoms with Crippen molar-refractivity contribution in [3.05, 3.63) is 83.9 Å². The molecule has 0 bridgehead atoms. The third kappa shape index (κ3) is 4.97. The van der Waals surface area contributed by atoms with Crippen molar-refractivity contribution in [2.75, 3.05) is 13.2 Å². The van der Waals surface area contributed by atoms with Crippen molar-refractivity contribution in [2.45, 2.75) is 0 Å². The van der Waals surface area contributed by atoms with E-state index < -0.39 is 0 Å². The summed E-state index contributed by atoms with van der Waals surface area (Å²) < 4.78 is 32.5. The van der Waals surface area contributed by atoms with E-state index in [0.29, 0.717) is 11.1 Å². The first-order chi connectivity index (χ1) is 10.3. The van der Waals surface area contributed by atoms with E-state index in [1.807, 2.05) is 12.1 Å². The van der Waals surface area contributed by atoms with Crippen LogP contribution in [0.5, 0.6) is 0 Å². The summed E-state index contributed by atoms with van der Waals surface area (Å²) in [4.78, 5) is 0. The molecule has 0 spiro atoms. The normalized spacial score (nSPS) is 12.5. The van der Waals surface area contributed by atoms with Gasteiger partial charge in [-0.2, -0.15) is 0 Å². The maximum Gasteiger partial charge on any atom is 0.128 e. The summed E-state index contributed by atoms with van der Waals surface area (Å²) >= 11 is 0. The summed E-state index contributed by atoms with van der Waals surface area (Å²) in [6.07, 6.45) is 2.67. The predicted octanol–water partition coefficient (Wildman–Crippen LogP) is 5.02. The van der Waals surface area contributed by atoms with Crippen LogP contribution in [-0.2, 0) is 4.74 Å². The topological polar surface area (TPSA) is 9.23 Å². The molecule has 0 aromatic heterocycles. The van der Waals surface area contributed by atoms with Crippen LogP contribution in [0.2, 0.25) is 0 Å². The monoisotopic (exact) mass is 286 g/mol. The Balaban J connectivity index is 1.80. The largest absolute Gasteiger partial charge is 0.373 e. The molecule has 108 valence electrons. The van der Waals surface area contributed by atoms with Crippen molar-refractivity contribution in [1.82, 2.24) is 0 Å². The Labute approximate surface area is 123 Å². The van der Waals surface area contributed by atoms with Crippen molar-refractivity contribution >= 4 is 11.7 Å². The van der Waals surface area contributed by atoms with Crippen LogP contribution in [0.25, 0.3) is 11.7 Å². The molecule has 0 radical (unpaired) electrons. The highest BCUT2D eigenvalue weighted by atomic mass is 19.1. The molecular weight excluding hydrogens is 270 g/mol. The van der Waals surface area contributed by atoms with Gasteiger partial charge in [0.1, 0.15) is 11.7 Å². The lowest BCUT2D eigenvalue weighted by Crippen LogP contribution is -1.92. The molecule has 2 aromatic rings. The van der Waals surface area contributed by atoms with E-state index in [-0.39, 0.29) is 24.9 Å². The average Bonchev–Trinajstić information content (AvgIpc) is 2.55. The first kappa shape index (κ1) is 15.1. The maximum atomic E-state index is 13.7. The van der Waals surface area contributed by atoms with Crippen LogP contribution in [0.1, 0.15) is 11.1 Å². The van der Waals surface area contributed by atoms with Crippen LogP contribution in [-0.4, -0.2) is 13.2 Å². The van der Waals surface area contributed by atoms with Gasteiger partial charge < -0.3 is 4.74 Å². The lowest BCUT2D eigenvalue weighted by molar-refractivity contribution is 0.193. The second kappa shape index (κ2) is 8.12. The van der Waals surface area contributed by atoms with Crippen molar-refractivity contribution in [3.63, 3.8) is 0 Å². The SMILES string of the molecule is FC(=CCOCC=C(F)c1ccccc1)c1ccccc1. The molecule has 2 rings (SSSR count). The molecule has 0 aliphatic heterocycles. The Hall–Kier alpha value is -2.26. The van der Waals surface area contributed by atoms with Gasteiger partial charge in [0, 0.05) is 11.1 Å². The van der Waals surface area contributed by atoms with E-state index >= 15 is 0 Å². The smallest absolute Gasteiger partial charge is 0.128 e. The van der Waals surface area contributed by atoms with Gasteiger partial charge in [0.2, 0.25) is 0 Å². The molecule has 0 saturated heterocycles. The van der Waals surface area contributed by atoms with Gasteiger partial charge in [-0.15, -0.1) is 0 Å². The third-order valence-electron chi connectivity index (χ3n) is 2.86. The fourth-order valence-electron chi connectivity index (χ4n) is 1.76. The zero-order valence-corrected chi connectivity index (χ0v) is 11.5. The van der Waals surface area contributed by atoms with Gasteiger partial charge in [-0.1, -0.05) is 60.7 Å². The van der Waals surface area contributed by atoms with Crippen LogP contribution < -0.4 is 0 Å². The minimum absolute atomic E-state index is 0.0965. The van der Waals surface area contributed by atoms with Crippen molar-refractivity contribution in [1.29, 1.82) is 0 Å². The van der Waals surface area contributed by atoms with E-state index in [1.165, 1.54) is 12.2 Å². The third-order valence-corrected chi connectivity index (χ3v) is 2.86. The van der Waals surface area contributed by atoms with Crippen LogP contribution in [0, 0.1) is 0 Å². The Morgan fingerprint density at radius 2 is 1.10 bits per heavy atom. The molecule has 0 saturated carbocycles. The van der Waals surface area contributed by atoms with Gasteiger partial charge in [0.05, 0.1) is 13.2 Å². The summed E-state index contributed by atoms with van der Waals surface area (Å²) in [6.45, 7) is 0.193. The highest BCUT2D eigenvalue weighted by molar-refractivity contribution is 5.59. The predicted molar refractivity (Wildman–Crippen MR) is 81.9 cm³/mol. The minimum atomic E-state index is -0.344. The van der Waals surface area contributed by atoms with Crippen molar-refractivity contribution in [3.8, 4) is 0 Å². The van der Waals surface area contributed by atoms with Crippen molar-refractivity contribution in [2.24, 2.45) is 0 Å². The van der Waals surface area contributed by atoms with Gasteiger partial charge in [-0.3, -0.25) is 0 Å². The number of benzene rings is 2. The second-order valence-electron chi connectivity index (χ2n) is 4.37.